The highest BCUT2D eigenvalue weighted by atomic mass is 35.5. The van der Waals surface area contributed by atoms with E-state index in [-0.39, 0.29) is 28.1 Å². The number of ether oxygens (including phenoxy) is 2. The second-order valence-electron chi connectivity index (χ2n) is 7.65. The second kappa shape index (κ2) is 12.1. The first-order valence-corrected chi connectivity index (χ1v) is 12.6. The van der Waals surface area contributed by atoms with Crippen LogP contribution in [0, 0.1) is 0 Å². The summed E-state index contributed by atoms with van der Waals surface area (Å²) in [7, 11) is -3.95. The minimum atomic E-state index is -3.95. The Kier molecular flexibility index (Phi) is 9.25. The standard InChI is InChI=1S/C23H27ClN2O6S/c24-20-11-10-18(14-21(20)33(29,30)26-15-19-9-5-13-31-19)23(28)32-16-22(27)25-12-4-8-17-6-2-1-3-7-17/h1-3,6-7,10-11,14,19,26H,4-5,8-9,12-13,15-16H2,(H,25,27). The molecule has 1 heterocycles. The van der Waals surface area contributed by atoms with Gasteiger partial charge >= 0.3 is 5.97 Å². The fourth-order valence-electron chi connectivity index (χ4n) is 3.35. The number of benzene rings is 2. The summed E-state index contributed by atoms with van der Waals surface area (Å²) >= 11 is 6.06. The number of sulfonamides is 1. The smallest absolute Gasteiger partial charge is 0.338 e. The van der Waals surface area contributed by atoms with Crippen LogP contribution in [0.2, 0.25) is 5.02 Å². The van der Waals surface area contributed by atoms with Gasteiger partial charge in [-0.2, -0.15) is 0 Å². The van der Waals surface area contributed by atoms with E-state index < -0.39 is 28.5 Å². The maximum Gasteiger partial charge on any atom is 0.338 e. The molecule has 1 aliphatic rings. The Hall–Kier alpha value is -2.46. The molecular weight excluding hydrogens is 468 g/mol. The van der Waals surface area contributed by atoms with Crippen molar-refractivity contribution in [2.45, 2.75) is 36.7 Å². The molecule has 1 amide bonds. The first kappa shape index (κ1) is 25.2. The summed E-state index contributed by atoms with van der Waals surface area (Å²) in [6.07, 6.45) is 3.05. The number of esters is 1. The van der Waals surface area contributed by atoms with Crippen LogP contribution in [0.15, 0.2) is 53.4 Å². The van der Waals surface area contributed by atoms with E-state index >= 15 is 0 Å². The van der Waals surface area contributed by atoms with E-state index in [1.807, 2.05) is 30.3 Å². The zero-order valence-corrected chi connectivity index (χ0v) is 19.7. The molecule has 0 radical (unpaired) electrons. The minimum absolute atomic E-state index is 0.0197. The second-order valence-corrected chi connectivity index (χ2v) is 9.79. The maximum absolute atomic E-state index is 12.6. The zero-order chi connectivity index (χ0) is 23.7. The Bertz CT molecular complexity index is 1060. The summed E-state index contributed by atoms with van der Waals surface area (Å²) in [6, 6.07) is 13.7. The SMILES string of the molecule is O=C(COC(=O)c1ccc(Cl)c(S(=O)(=O)NCC2CCCO2)c1)NCCCc1ccccc1. The van der Waals surface area contributed by atoms with Gasteiger partial charge in [-0.25, -0.2) is 17.9 Å². The average Bonchev–Trinajstić information content (AvgIpc) is 3.34. The number of carbonyl (C=O) groups is 2. The van der Waals surface area contributed by atoms with E-state index in [1.165, 1.54) is 17.7 Å². The molecule has 10 heteroatoms. The van der Waals surface area contributed by atoms with Crippen LogP contribution < -0.4 is 10.0 Å². The Morgan fingerprint density at radius 3 is 2.67 bits per heavy atom. The van der Waals surface area contributed by atoms with Gasteiger partial charge in [0, 0.05) is 19.7 Å². The maximum atomic E-state index is 12.6. The molecule has 0 aliphatic carbocycles. The van der Waals surface area contributed by atoms with Gasteiger partial charge in [-0.1, -0.05) is 41.9 Å². The predicted molar refractivity (Wildman–Crippen MR) is 124 cm³/mol. The summed E-state index contributed by atoms with van der Waals surface area (Å²) in [5.74, 6) is -1.25. The van der Waals surface area contributed by atoms with E-state index in [0.29, 0.717) is 13.2 Å². The first-order chi connectivity index (χ1) is 15.8. The van der Waals surface area contributed by atoms with Crippen molar-refractivity contribution in [3.05, 3.63) is 64.7 Å². The van der Waals surface area contributed by atoms with E-state index in [2.05, 4.69) is 10.0 Å². The summed E-state index contributed by atoms with van der Waals surface area (Å²) in [5, 5.41) is 2.67. The van der Waals surface area contributed by atoms with Crippen molar-refractivity contribution in [3.8, 4) is 0 Å². The molecule has 0 aromatic heterocycles. The van der Waals surface area contributed by atoms with E-state index in [0.717, 1.165) is 31.7 Å². The van der Waals surface area contributed by atoms with Crippen molar-refractivity contribution in [2.75, 3.05) is 26.3 Å². The van der Waals surface area contributed by atoms with Crippen molar-refractivity contribution in [2.24, 2.45) is 0 Å². The average molecular weight is 495 g/mol. The van der Waals surface area contributed by atoms with Gasteiger partial charge < -0.3 is 14.8 Å². The van der Waals surface area contributed by atoms with Gasteiger partial charge in [-0.3, -0.25) is 4.79 Å². The van der Waals surface area contributed by atoms with E-state index in [9.17, 15) is 18.0 Å². The molecule has 1 unspecified atom stereocenters. The zero-order valence-electron chi connectivity index (χ0n) is 18.1. The topological polar surface area (TPSA) is 111 Å². The Morgan fingerprint density at radius 2 is 1.94 bits per heavy atom. The summed E-state index contributed by atoms with van der Waals surface area (Å²) < 4.78 is 38.2. The van der Waals surface area contributed by atoms with Gasteiger partial charge in [0.25, 0.3) is 5.91 Å². The lowest BCUT2D eigenvalue weighted by molar-refractivity contribution is -0.124. The lowest BCUT2D eigenvalue weighted by Crippen LogP contribution is -2.32. The first-order valence-electron chi connectivity index (χ1n) is 10.7. The molecule has 0 saturated carbocycles. The highest BCUT2D eigenvalue weighted by Crippen LogP contribution is 2.23. The number of nitrogens with one attached hydrogen (secondary N) is 2. The van der Waals surface area contributed by atoms with Crippen LogP contribution in [0.3, 0.4) is 0 Å². The number of amides is 1. The van der Waals surface area contributed by atoms with Crippen molar-refractivity contribution < 1.29 is 27.5 Å². The third-order valence-electron chi connectivity index (χ3n) is 5.12. The molecule has 33 heavy (non-hydrogen) atoms. The molecule has 8 nitrogen and oxygen atoms in total. The molecule has 1 saturated heterocycles. The van der Waals surface area contributed by atoms with Gasteiger partial charge in [0.05, 0.1) is 16.7 Å². The molecule has 3 rings (SSSR count). The fraction of sp³-hybridized carbons (Fsp3) is 0.391. The summed E-state index contributed by atoms with van der Waals surface area (Å²) in [6.45, 7) is 0.712. The summed E-state index contributed by atoms with van der Waals surface area (Å²) in [4.78, 5) is 24.1. The lowest BCUT2D eigenvalue weighted by Gasteiger charge is -2.13. The number of rotatable bonds is 11. The van der Waals surface area contributed by atoms with Crippen LogP contribution in [0.5, 0.6) is 0 Å². The van der Waals surface area contributed by atoms with Crippen molar-refractivity contribution in [3.63, 3.8) is 0 Å². The van der Waals surface area contributed by atoms with Crippen molar-refractivity contribution in [1.82, 2.24) is 10.0 Å². The van der Waals surface area contributed by atoms with Crippen LogP contribution in [0.25, 0.3) is 0 Å². The molecule has 1 aliphatic heterocycles. The number of carbonyl (C=O) groups excluding carboxylic acids is 2. The minimum Gasteiger partial charge on any atom is -0.452 e. The van der Waals surface area contributed by atoms with Crippen molar-refractivity contribution >= 4 is 33.5 Å². The van der Waals surface area contributed by atoms with Gasteiger partial charge in [0.15, 0.2) is 6.61 Å². The van der Waals surface area contributed by atoms with Crippen LogP contribution in [-0.2, 0) is 30.7 Å². The van der Waals surface area contributed by atoms with Gasteiger partial charge in [0.1, 0.15) is 4.90 Å². The van der Waals surface area contributed by atoms with Gasteiger partial charge in [0.2, 0.25) is 10.0 Å². The van der Waals surface area contributed by atoms with E-state index in [4.69, 9.17) is 21.1 Å². The third kappa shape index (κ3) is 7.82. The van der Waals surface area contributed by atoms with Gasteiger partial charge in [-0.15, -0.1) is 0 Å². The Balaban J connectivity index is 1.47. The van der Waals surface area contributed by atoms with Crippen LogP contribution in [-0.4, -0.2) is 52.7 Å². The quantitative estimate of drug-likeness (QED) is 0.367. The molecule has 0 spiro atoms. The third-order valence-corrected chi connectivity index (χ3v) is 7.03. The van der Waals surface area contributed by atoms with Crippen molar-refractivity contribution in [1.29, 1.82) is 0 Å². The number of aryl methyl sites for hydroxylation is 1. The van der Waals surface area contributed by atoms with Gasteiger partial charge in [-0.05, 0) is 49.4 Å². The number of halogens is 1. The Morgan fingerprint density at radius 1 is 1.15 bits per heavy atom. The highest BCUT2D eigenvalue weighted by molar-refractivity contribution is 7.89. The highest BCUT2D eigenvalue weighted by Gasteiger charge is 2.24. The molecule has 0 bridgehead atoms. The molecule has 2 N–H and O–H groups in total. The monoisotopic (exact) mass is 494 g/mol. The van der Waals surface area contributed by atoms with Crippen LogP contribution in [0.4, 0.5) is 0 Å². The number of hydrogen-bond acceptors (Lipinski definition) is 6. The molecule has 178 valence electrons. The normalized spacial score (nSPS) is 15.8. The molecular formula is C23H27ClN2O6S. The van der Waals surface area contributed by atoms with E-state index in [1.54, 1.807) is 0 Å². The lowest BCUT2D eigenvalue weighted by atomic mass is 10.1. The fourth-order valence-corrected chi connectivity index (χ4v) is 4.94. The summed E-state index contributed by atoms with van der Waals surface area (Å²) in [5.41, 5.74) is 1.16. The molecule has 2 aromatic carbocycles. The Labute approximate surface area is 198 Å². The number of hydrogen-bond donors (Lipinski definition) is 2. The largest absolute Gasteiger partial charge is 0.452 e. The van der Waals surface area contributed by atoms with Crippen LogP contribution >= 0.6 is 11.6 Å². The van der Waals surface area contributed by atoms with Crippen LogP contribution in [0.1, 0.15) is 35.2 Å². The predicted octanol–water partition coefficient (Wildman–Crippen LogP) is 2.70. The molecule has 2 aromatic rings. The molecule has 1 atom stereocenters. The molecule has 1 fully saturated rings.